The van der Waals surface area contributed by atoms with E-state index in [4.69, 9.17) is 32.2 Å². The predicted molar refractivity (Wildman–Crippen MR) is 225 cm³/mol. The summed E-state index contributed by atoms with van der Waals surface area (Å²) in [5, 5.41) is 23.2. The Morgan fingerprint density at radius 1 is 0.767 bits per heavy atom. The van der Waals surface area contributed by atoms with Crippen molar-refractivity contribution < 1.29 is 38.4 Å². The molecule has 8 rings (SSSR count). The number of aliphatic hydroxyl groups excluding tert-OH is 1. The molecule has 1 aliphatic heterocycles. The second-order valence-electron chi connectivity index (χ2n) is 19.6. The van der Waals surface area contributed by atoms with Crippen LogP contribution in [0.4, 0.5) is 0 Å². The summed E-state index contributed by atoms with van der Waals surface area (Å²) in [6.07, 6.45) is 14.8. The monoisotopic (exact) mass is 840 g/mol. The lowest BCUT2D eigenvalue weighted by molar-refractivity contribution is -0.199. The lowest BCUT2D eigenvalue weighted by Crippen LogP contribution is -2.65. The van der Waals surface area contributed by atoms with Crippen molar-refractivity contribution in [3.63, 3.8) is 0 Å². The second kappa shape index (κ2) is 18.9. The van der Waals surface area contributed by atoms with Crippen molar-refractivity contribution in [3.8, 4) is 0 Å². The summed E-state index contributed by atoms with van der Waals surface area (Å²) in [5.41, 5.74) is 23.7. The first-order valence-electron chi connectivity index (χ1n) is 22.2. The molecule has 7 saturated carbocycles. The average molecular weight is 840 g/mol. The molecule has 5 amide bonds. The Kier molecular flexibility index (Phi) is 14.6. The topological polar surface area (TPSA) is 288 Å². The van der Waals surface area contributed by atoms with Gasteiger partial charge in [0.1, 0.15) is 24.2 Å². The van der Waals surface area contributed by atoms with Crippen LogP contribution in [-0.4, -0.2) is 103 Å². The Balaban J connectivity index is 0.991. The third-order valence-corrected chi connectivity index (χ3v) is 14.8. The van der Waals surface area contributed by atoms with Crippen LogP contribution in [0, 0.1) is 40.4 Å². The first kappa shape index (κ1) is 46.1. The predicted octanol–water partition coefficient (Wildman–Crippen LogP) is -0.302. The molecule has 8 fully saturated rings. The van der Waals surface area contributed by atoms with Gasteiger partial charge in [0.15, 0.2) is 6.17 Å². The molecular weight excluding hydrogens is 769 g/mol. The maximum absolute atomic E-state index is 13.6. The number of rotatable bonds is 20. The van der Waals surface area contributed by atoms with E-state index in [0.717, 1.165) is 30.6 Å². The van der Waals surface area contributed by atoms with Crippen LogP contribution < -0.4 is 49.5 Å². The summed E-state index contributed by atoms with van der Waals surface area (Å²) in [5.74, 6) is -0.501. The SMILES string of the molecule is C[C@@H](O)[C@H](NC(=O)[C@H](CCN)NC(=O)/C=C/C=C/C12CC3CC(CC(C3)C1)C2)C(=O)N[C@@H](N)C(=O)N[C@@H](CCCCN)C(=O)N[C@@H](N)B1OC2C[C@@H]3C[C@@H](C3(C)C)[C@]2(C)O1. The van der Waals surface area contributed by atoms with Gasteiger partial charge < -0.3 is 63.9 Å². The molecule has 17 nitrogen and oxygen atoms in total. The maximum Gasteiger partial charge on any atom is 0.497 e. The van der Waals surface area contributed by atoms with Crippen molar-refractivity contribution in [1.29, 1.82) is 0 Å². The Hall–Kier alpha value is -3.39. The molecule has 60 heavy (non-hydrogen) atoms. The quantitative estimate of drug-likeness (QED) is 0.0249. The summed E-state index contributed by atoms with van der Waals surface area (Å²) in [4.78, 5) is 66.5. The summed E-state index contributed by atoms with van der Waals surface area (Å²) in [6.45, 7) is 8.24. The van der Waals surface area contributed by atoms with Crippen LogP contribution in [0.25, 0.3) is 0 Å². The molecular formula is C42H70BN9O8. The van der Waals surface area contributed by atoms with Gasteiger partial charge in [0, 0.05) is 6.08 Å². The number of allylic oxidation sites excluding steroid dienone is 3. The number of hydrogen-bond acceptors (Lipinski definition) is 12. The molecule has 10 atom stereocenters. The Bertz CT molecular complexity index is 1630. The molecule has 0 spiro atoms. The van der Waals surface area contributed by atoms with E-state index in [0.29, 0.717) is 31.2 Å². The number of carbonyl (C=O) groups excluding carboxylic acids is 5. The molecule has 6 bridgehead atoms. The standard InChI is InChI=1S/C42H70BN9O8/c1-23(53)33(50-35(55)29(11-14-45)48-32(54)10-5-7-12-42-20-24-15-25(21-42)17-26(16-24)22-42)37(57)51-34(46)38(58)49-28(9-6-8-13-44)36(56)52-39(47)43-59-31-19-27-18-30(40(27,2)3)41(31,4)60-43/h5,7,10,12,23-31,33-34,39,53H,6,8-9,11,13-22,44-47H2,1-4H3,(H,48,54)(H,49,58)(H,50,55)(H,51,57)(H,52,56)/b10-5+,12-7+/t23-,24?,25?,26?,27+,28+,29+,30+,31?,33+,34-,39-,41+,42?/m1/s1. The van der Waals surface area contributed by atoms with E-state index in [1.54, 1.807) is 6.08 Å². The van der Waals surface area contributed by atoms with E-state index in [1.165, 1.54) is 51.5 Å². The largest absolute Gasteiger partial charge is 0.497 e. The average Bonchev–Trinajstić information content (AvgIpc) is 3.55. The molecule has 0 aromatic carbocycles. The lowest BCUT2D eigenvalue weighted by Gasteiger charge is -2.64. The van der Waals surface area contributed by atoms with E-state index < -0.39 is 78.7 Å². The molecule has 1 unspecified atom stereocenters. The van der Waals surface area contributed by atoms with Crippen LogP contribution in [0.3, 0.4) is 0 Å². The highest BCUT2D eigenvalue weighted by molar-refractivity contribution is 6.47. The molecule has 8 aliphatic rings. The second-order valence-corrected chi connectivity index (χ2v) is 19.6. The van der Waals surface area contributed by atoms with E-state index in [9.17, 15) is 29.1 Å². The fraction of sp³-hybridized carbons (Fsp3) is 0.786. The number of aliphatic hydroxyl groups is 1. The molecule has 0 radical (unpaired) electrons. The van der Waals surface area contributed by atoms with Gasteiger partial charge in [0.05, 0.1) is 17.8 Å². The third-order valence-electron chi connectivity index (χ3n) is 14.8. The maximum atomic E-state index is 13.6. The number of amides is 5. The molecule has 0 aromatic heterocycles. The molecule has 334 valence electrons. The van der Waals surface area contributed by atoms with Gasteiger partial charge >= 0.3 is 7.12 Å². The van der Waals surface area contributed by atoms with Crippen LogP contribution in [0.1, 0.15) is 105 Å². The highest BCUT2D eigenvalue weighted by Gasteiger charge is 2.68. The smallest absolute Gasteiger partial charge is 0.403 e. The van der Waals surface area contributed by atoms with Crippen molar-refractivity contribution in [1.82, 2.24) is 26.6 Å². The highest BCUT2D eigenvalue weighted by atomic mass is 16.7. The number of nitrogens with two attached hydrogens (primary N) is 4. The van der Waals surface area contributed by atoms with Gasteiger partial charge in [-0.1, -0.05) is 32.1 Å². The summed E-state index contributed by atoms with van der Waals surface area (Å²) in [6, 6.07) is -4.80. The molecule has 18 heteroatoms. The van der Waals surface area contributed by atoms with E-state index in [-0.39, 0.29) is 36.3 Å². The fourth-order valence-corrected chi connectivity index (χ4v) is 11.8. The van der Waals surface area contributed by atoms with Gasteiger partial charge in [-0.25, -0.2) is 0 Å². The third kappa shape index (κ3) is 10.1. The summed E-state index contributed by atoms with van der Waals surface area (Å²) < 4.78 is 12.6. The summed E-state index contributed by atoms with van der Waals surface area (Å²) >= 11 is 0. The molecule has 7 aliphatic carbocycles. The fourth-order valence-electron chi connectivity index (χ4n) is 11.8. The van der Waals surface area contributed by atoms with Crippen LogP contribution in [0.5, 0.6) is 0 Å². The number of nitrogens with one attached hydrogen (secondary N) is 5. The molecule has 14 N–H and O–H groups in total. The van der Waals surface area contributed by atoms with Crippen molar-refractivity contribution in [2.24, 2.45) is 63.4 Å². The molecule has 1 heterocycles. The normalized spacial score (nSPS) is 33.9. The number of unbranched alkanes of at least 4 members (excludes halogenated alkanes) is 1. The van der Waals surface area contributed by atoms with Gasteiger partial charge in [0.2, 0.25) is 23.6 Å². The van der Waals surface area contributed by atoms with Crippen LogP contribution in [0.2, 0.25) is 0 Å². The molecule has 1 saturated heterocycles. The lowest BCUT2D eigenvalue weighted by atomic mass is 9.43. The van der Waals surface area contributed by atoms with Crippen molar-refractivity contribution in [2.75, 3.05) is 13.1 Å². The van der Waals surface area contributed by atoms with E-state index in [2.05, 4.69) is 46.5 Å². The first-order valence-corrected chi connectivity index (χ1v) is 22.2. The van der Waals surface area contributed by atoms with Crippen molar-refractivity contribution in [3.05, 3.63) is 24.3 Å². The highest BCUT2D eigenvalue weighted by Crippen LogP contribution is 2.66. The van der Waals surface area contributed by atoms with Gasteiger partial charge in [-0.3, -0.25) is 24.0 Å². The minimum absolute atomic E-state index is 0.0509. The van der Waals surface area contributed by atoms with Crippen LogP contribution in [0.15, 0.2) is 24.3 Å². The Morgan fingerprint density at radius 2 is 1.40 bits per heavy atom. The Morgan fingerprint density at radius 3 is 2.00 bits per heavy atom. The molecule has 0 aromatic rings. The van der Waals surface area contributed by atoms with Gasteiger partial charge in [-0.2, -0.15) is 0 Å². The number of carbonyl (C=O) groups is 5. The minimum Gasteiger partial charge on any atom is -0.403 e. The zero-order chi connectivity index (χ0) is 43.6. The van der Waals surface area contributed by atoms with E-state index in [1.807, 2.05) is 13.0 Å². The van der Waals surface area contributed by atoms with Gasteiger partial charge in [-0.15, -0.1) is 0 Å². The van der Waals surface area contributed by atoms with Gasteiger partial charge in [-0.05, 0) is 144 Å². The Labute approximate surface area is 354 Å². The van der Waals surface area contributed by atoms with Crippen LogP contribution >= 0.6 is 0 Å². The summed E-state index contributed by atoms with van der Waals surface area (Å²) in [7, 11) is -0.888. The number of hydrogen-bond donors (Lipinski definition) is 10. The van der Waals surface area contributed by atoms with Crippen LogP contribution in [-0.2, 0) is 33.3 Å². The van der Waals surface area contributed by atoms with Crippen molar-refractivity contribution >= 4 is 36.7 Å². The minimum atomic E-state index is -1.68. The van der Waals surface area contributed by atoms with Gasteiger partial charge in [0.25, 0.3) is 5.91 Å². The van der Waals surface area contributed by atoms with Crippen molar-refractivity contribution in [2.45, 2.75) is 153 Å². The zero-order valence-corrected chi connectivity index (χ0v) is 35.8. The zero-order valence-electron chi connectivity index (χ0n) is 35.8. The van der Waals surface area contributed by atoms with E-state index >= 15 is 0 Å². The first-order chi connectivity index (χ1) is 28.4.